The molecule has 4 heterocycles. The molecule has 0 unspecified atom stereocenters. The van der Waals surface area contributed by atoms with Crippen molar-refractivity contribution in [1.29, 1.82) is 0 Å². The molecule has 3 aliphatic heterocycles. The van der Waals surface area contributed by atoms with Crippen LogP contribution in [-0.4, -0.2) is 76.4 Å². The second kappa shape index (κ2) is 12.3. The van der Waals surface area contributed by atoms with Crippen LogP contribution in [0.1, 0.15) is 57.4 Å². The number of carbonyl (C=O) groups excluding carboxylic acids is 4. The van der Waals surface area contributed by atoms with Crippen LogP contribution in [0.4, 0.5) is 4.79 Å². The van der Waals surface area contributed by atoms with E-state index in [2.05, 4.69) is 21.7 Å². The maximum atomic E-state index is 14.0. The number of fused-ring (bicyclic) bond motifs is 5. The van der Waals surface area contributed by atoms with Crippen LogP contribution >= 0.6 is 0 Å². The Morgan fingerprint density at radius 3 is 2.79 bits per heavy atom. The highest BCUT2D eigenvalue weighted by Crippen LogP contribution is 2.47. The monoisotopic (exact) mass is 587 g/mol. The van der Waals surface area contributed by atoms with Gasteiger partial charge in [0.25, 0.3) is 0 Å². The summed E-state index contributed by atoms with van der Waals surface area (Å²) in [6.45, 7) is 3.61. The van der Waals surface area contributed by atoms with E-state index in [0.29, 0.717) is 39.0 Å². The highest BCUT2D eigenvalue weighted by atomic mass is 16.5. The van der Waals surface area contributed by atoms with Crippen LogP contribution < -0.4 is 10.6 Å². The number of carbonyl (C=O) groups is 4. The Morgan fingerprint density at radius 1 is 1.09 bits per heavy atom. The van der Waals surface area contributed by atoms with Gasteiger partial charge in [-0.2, -0.15) is 0 Å². The molecule has 4 amide bonds. The van der Waals surface area contributed by atoms with E-state index in [1.807, 2.05) is 36.4 Å². The summed E-state index contributed by atoms with van der Waals surface area (Å²) in [5.41, 5.74) is 0.757. The maximum absolute atomic E-state index is 14.0. The van der Waals surface area contributed by atoms with Gasteiger partial charge in [0.2, 0.25) is 11.8 Å². The average molecular weight is 588 g/mol. The molecule has 0 spiro atoms. The largest absolute Gasteiger partial charge is 0.464 e. The van der Waals surface area contributed by atoms with Gasteiger partial charge in [-0.15, -0.1) is 0 Å². The van der Waals surface area contributed by atoms with Gasteiger partial charge in [-0.25, -0.2) is 9.59 Å². The number of hydrogen-bond acceptors (Lipinski definition) is 6. The van der Waals surface area contributed by atoms with Crippen LogP contribution in [0.5, 0.6) is 0 Å². The molecule has 0 bridgehead atoms. The van der Waals surface area contributed by atoms with Crippen molar-refractivity contribution in [2.24, 2.45) is 17.8 Å². The van der Waals surface area contributed by atoms with Crippen molar-refractivity contribution in [2.45, 2.75) is 70.0 Å². The molecular weight excluding hydrogens is 546 g/mol. The number of amides is 4. The number of rotatable bonds is 4. The number of nitrogens with one attached hydrogen (secondary N) is 2. The van der Waals surface area contributed by atoms with Crippen LogP contribution in [0, 0.1) is 17.8 Å². The predicted molar refractivity (Wildman–Crippen MR) is 160 cm³/mol. The SMILES string of the molecule is CCOC(=O)[C@@]12C[C@H]1/C=C\CCCCCCC(=O)N1C[C@@H]3CN(C(=O)NCc4ccnc5ccccc45)C[C@@H]3[C@H]1C(=O)N2. The van der Waals surface area contributed by atoms with Crippen molar-refractivity contribution in [3.8, 4) is 0 Å². The van der Waals surface area contributed by atoms with Gasteiger partial charge in [0.05, 0.1) is 12.1 Å². The summed E-state index contributed by atoms with van der Waals surface area (Å²) in [6, 6.07) is 8.81. The minimum absolute atomic E-state index is 0.0143. The first-order valence-electron chi connectivity index (χ1n) is 15.7. The van der Waals surface area contributed by atoms with Crippen LogP contribution in [0.2, 0.25) is 0 Å². The molecule has 10 nitrogen and oxygen atoms in total. The van der Waals surface area contributed by atoms with Gasteiger partial charge in [0.15, 0.2) is 0 Å². The normalized spacial score (nSPS) is 29.9. The molecular formula is C33H41N5O5. The van der Waals surface area contributed by atoms with Crippen molar-refractivity contribution < 1.29 is 23.9 Å². The molecule has 6 rings (SSSR count). The zero-order valence-electron chi connectivity index (χ0n) is 24.8. The molecule has 0 radical (unpaired) electrons. The first-order valence-corrected chi connectivity index (χ1v) is 15.7. The van der Waals surface area contributed by atoms with Gasteiger partial charge >= 0.3 is 12.0 Å². The quantitative estimate of drug-likeness (QED) is 0.417. The Kier molecular flexibility index (Phi) is 8.36. The lowest BCUT2D eigenvalue weighted by Gasteiger charge is -2.30. The second-order valence-electron chi connectivity index (χ2n) is 12.3. The Morgan fingerprint density at radius 2 is 1.93 bits per heavy atom. The number of para-hydroxylation sites is 1. The third-order valence-electron chi connectivity index (χ3n) is 9.59. The van der Waals surface area contributed by atoms with E-state index in [1.54, 1.807) is 22.9 Å². The topological polar surface area (TPSA) is 121 Å². The third-order valence-corrected chi connectivity index (χ3v) is 9.59. The van der Waals surface area contributed by atoms with Gasteiger partial charge in [-0.05, 0) is 50.3 Å². The van der Waals surface area contributed by atoms with Crippen molar-refractivity contribution in [1.82, 2.24) is 25.4 Å². The van der Waals surface area contributed by atoms with Gasteiger partial charge in [-0.1, -0.05) is 43.2 Å². The second-order valence-corrected chi connectivity index (χ2v) is 12.3. The van der Waals surface area contributed by atoms with E-state index in [0.717, 1.165) is 48.6 Å². The number of aromatic nitrogens is 1. The average Bonchev–Trinajstić information content (AvgIpc) is 3.35. The number of urea groups is 1. The van der Waals surface area contributed by atoms with E-state index >= 15 is 0 Å². The molecule has 2 saturated heterocycles. The fraction of sp³-hybridized carbons (Fsp3) is 0.545. The predicted octanol–water partition coefficient (Wildman–Crippen LogP) is 3.55. The molecule has 5 atom stereocenters. The summed E-state index contributed by atoms with van der Waals surface area (Å²) >= 11 is 0. The number of allylic oxidation sites excluding steroid dienone is 1. The van der Waals surface area contributed by atoms with E-state index in [-0.39, 0.29) is 42.2 Å². The van der Waals surface area contributed by atoms with Crippen molar-refractivity contribution in [3.63, 3.8) is 0 Å². The maximum Gasteiger partial charge on any atom is 0.332 e. The third kappa shape index (κ3) is 5.84. The summed E-state index contributed by atoms with van der Waals surface area (Å²) < 4.78 is 5.39. The summed E-state index contributed by atoms with van der Waals surface area (Å²) in [4.78, 5) is 61.7. The minimum Gasteiger partial charge on any atom is -0.464 e. The van der Waals surface area contributed by atoms with Crippen LogP contribution in [0.25, 0.3) is 10.9 Å². The molecule has 1 aromatic carbocycles. The smallest absolute Gasteiger partial charge is 0.332 e. The molecule has 2 aromatic rings. The number of ether oxygens (including phenoxy) is 1. The highest BCUT2D eigenvalue weighted by molar-refractivity contribution is 5.96. The molecule has 1 aromatic heterocycles. The van der Waals surface area contributed by atoms with Crippen molar-refractivity contribution in [3.05, 3.63) is 54.2 Å². The van der Waals surface area contributed by atoms with Gasteiger partial charge < -0.3 is 25.2 Å². The lowest BCUT2D eigenvalue weighted by molar-refractivity contribution is -0.150. The highest BCUT2D eigenvalue weighted by Gasteiger charge is 2.63. The summed E-state index contributed by atoms with van der Waals surface area (Å²) in [7, 11) is 0. The lowest BCUT2D eigenvalue weighted by Crippen LogP contribution is -2.56. The summed E-state index contributed by atoms with van der Waals surface area (Å²) in [5.74, 6) is -1.13. The van der Waals surface area contributed by atoms with E-state index < -0.39 is 17.6 Å². The number of hydrogen-bond donors (Lipinski definition) is 2. The zero-order chi connectivity index (χ0) is 30.0. The molecule has 228 valence electrons. The molecule has 10 heteroatoms. The lowest BCUT2D eigenvalue weighted by atomic mass is 9.93. The Balaban J connectivity index is 1.18. The standard InChI is InChI=1S/C33H41N5O5/c1-2-43-31(41)33-17-24(33)11-7-5-3-4-6-8-14-28(39)38-20-23-19-37(21-26(23)29(38)30(40)36-33)32(42)35-18-22-15-16-34-27-13-10-9-12-25(22)27/h7,9-13,15-16,23-24,26,29H,2-6,8,14,17-21H2,1H3,(H,35,42)(H,36,40)/b11-7-/t23-,24+,26-,29-,33+/m0/s1. The molecule has 4 aliphatic rings. The summed E-state index contributed by atoms with van der Waals surface area (Å²) in [5, 5.41) is 7.09. The number of benzene rings is 1. The Hall–Kier alpha value is -3.95. The van der Waals surface area contributed by atoms with E-state index in [1.165, 1.54) is 0 Å². The number of nitrogens with zero attached hydrogens (tertiary/aromatic N) is 3. The molecule has 43 heavy (non-hydrogen) atoms. The fourth-order valence-corrected chi connectivity index (χ4v) is 7.19. The first-order chi connectivity index (χ1) is 20.9. The fourth-order valence-electron chi connectivity index (χ4n) is 7.19. The number of likely N-dealkylation sites (tertiary alicyclic amines) is 1. The van der Waals surface area contributed by atoms with Gasteiger partial charge in [-0.3, -0.25) is 14.6 Å². The van der Waals surface area contributed by atoms with Gasteiger partial charge in [0, 0.05) is 61.9 Å². The Bertz CT molecular complexity index is 1420. The van der Waals surface area contributed by atoms with E-state index in [4.69, 9.17) is 4.74 Å². The van der Waals surface area contributed by atoms with Crippen molar-refractivity contribution in [2.75, 3.05) is 26.2 Å². The zero-order valence-corrected chi connectivity index (χ0v) is 24.8. The van der Waals surface area contributed by atoms with Crippen LogP contribution in [0.3, 0.4) is 0 Å². The molecule has 1 aliphatic carbocycles. The molecule has 2 N–H and O–H groups in total. The van der Waals surface area contributed by atoms with Crippen molar-refractivity contribution >= 4 is 34.7 Å². The first kappa shape index (κ1) is 29.1. The number of esters is 1. The van der Waals surface area contributed by atoms with Crippen LogP contribution in [0.15, 0.2) is 48.7 Å². The molecule has 3 fully saturated rings. The number of pyridine rings is 1. The van der Waals surface area contributed by atoms with E-state index in [9.17, 15) is 19.2 Å². The molecule has 1 saturated carbocycles. The van der Waals surface area contributed by atoms with Gasteiger partial charge in [0.1, 0.15) is 11.6 Å². The Labute approximate surface area is 252 Å². The minimum atomic E-state index is -1.10. The summed E-state index contributed by atoms with van der Waals surface area (Å²) in [6.07, 6.45) is 11.5. The van der Waals surface area contributed by atoms with Crippen LogP contribution in [-0.2, 0) is 25.7 Å².